The minimum Gasteiger partial charge on any atom is -0.353 e. The SMILES string of the molecule is O=C(CCN1C=CN2NC(c3ccc(F)cc3)CC2C1=O)NC1CCCCCC1. The fourth-order valence-electron chi connectivity index (χ4n) is 4.48. The predicted octanol–water partition coefficient (Wildman–Crippen LogP) is 2.99. The number of nitrogens with one attached hydrogen (secondary N) is 2. The van der Waals surface area contributed by atoms with Crippen molar-refractivity contribution in [1.82, 2.24) is 20.7 Å². The maximum absolute atomic E-state index is 13.2. The van der Waals surface area contributed by atoms with E-state index in [1.165, 1.54) is 37.8 Å². The monoisotopic (exact) mass is 400 g/mol. The standard InChI is InChI=1S/C22H29FN4O2/c23-17-9-7-16(8-10-17)19-15-20-22(29)26(13-14-27(20)25-19)12-11-21(28)24-18-5-3-1-2-4-6-18/h7-10,13-14,18-20,25H,1-6,11-12,15H2,(H,24,28). The summed E-state index contributed by atoms with van der Waals surface area (Å²) in [7, 11) is 0. The van der Waals surface area contributed by atoms with Crippen molar-refractivity contribution in [3.05, 3.63) is 48.0 Å². The van der Waals surface area contributed by atoms with E-state index in [1.54, 1.807) is 23.2 Å². The average Bonchev–Trinajstić information content (AvgIpc) is 2.99. The summed E-state index contributed by atoms with van der Waals surface area (Å²) in [5.41, 5.74) is 4.26. The molecule has 2 unspecified atom stereocenters. The van der Waals surface area contributed by atoms with Crippen LogP contribution in [-0.2, 0) is 9.59 Å². The maximum Gasteiger partial charge on any atom is 0.250 e. The molecule has 2 fully saturated rings. The van der Waals surface area contributed by atoms with Crippen LogP contribution in [0.25, 0.3) is 0 Å². The highest BCUT2D eigenvalue weighted by molar-refractivity contribution is 5.85. The summed E-state index contributed by atoms with van der Waals surface area (Å²) in [6.07, 6.45) is 11.5. The Morgan fingerprint density at radius 3 is 2.55 bits per heavy atom. The number of hydrogen-bond donors (Lipinski definition) is 2. The zero-order chi connectivity index (χ0) is 20.2. The van der Waals surface area contributed by atoms with Crippen LogP contribution in [0.3, 0.4) is 0 Å². The van der Waals surface area contributed by atoms with E-state index in [1.807, 2.05) is 11.2 Å². The molecule has 1 aliphatic carbocycles. The Morgan fingerprint density at radius 1 is 1.10 bits per heavy atom. The number of carbonyl (C=O) groups excluding carboxylic acids is 2. The van der Waals surface area contributed by atoms with Gasteiger partial charge in [-0.25, -0.2) is 9.82 Å². The fraction of sp³-hybridized carbons (Fsp3) is 0.545. The van der Waals surface area contributed by atoms with Gasteiger partial charge in [0.2, 0.25) is 5.91 Å². The van der Waals surface area contributed by atoms with Crippen LogP contribution in [0, 0.1) is 5.82 Å². The Kier molecular flexibility index (Phi) is 6.13. The van der Waals surface area contributed by atoms with Gasteiger partial charge in [0.05, 0.1) is 6.04 Å². The first kappa shape index (κ1) is 19.9. The molecule has 1 saturated carbocycles. The van der Waals surface area contributed by atoms with Gasteiger partial charge in [0.15, 0.2) is 0 Å². The lowest BCUT2D eigenvalue weighted by atomic mass is 10.0. The predicted molar refractivity (Wildman–Crippen MR) is 108 cm³/mol. The quantitative estimate of drug-likeness (QED) is 0.746. The first-order chi connectivity index (χ1) is 14.1. The lowest BCUT2D eigenvalue weighted by Crippen LogP contribution is -2.48. The van der Waals surface area contributed by atoms with Gasteiger partial charge in [-0.1, -0.05) is 37.8 Å². The maximum atomic E-state index is 13.2. The summed E-state index contributed by atoms with van der Waals surface area (Å²) < 4.78 is 13.2. The van der Waals surface area contributed by atoms with Crippen molar-refractivity contribution < 1.29 is 14.0 Å². The minimum atomic E-state index is -0.306. The molecule has 6 nitrogen and oxygen atoms in total. The second-order valence-electron chi connectivity index (χ2n) is 8.23. The van der Waals surface area contributed by atoms with Gasteiger partial charge in [-0.05, 0) is 37.0 Å². The van der Waals surface area contributed by atoms with Crippen molar-refractivity contribution in [1.29, 1.82) is 0 Å². The van der Waals surface area contributed by atoms with Crippen molar-refractivity contribution in [2.75, 3.05) is 6.54 Å². The van der Waals surface area contributed by atoms with E-state index in [2.05, 4.69) is 10.7 Å². The molecule has 2 atom stereocenters. The Hall–Kier alpha value is -2.41. The van der Waals surface area contributed by atoms with Crippen molar-refractivity contribution in [2.24, 2.45) is 0 Å². The normalized spacial score (nSPS) is 25.1. The number of hydrogen-bond acceptors (Lipinski definition) is 4. The van der Waals surface area contributed by atoms with E-state index in [-0.39, 0.29) is 35.8 Å². The van der Waals surface area contributed by atoms with Crippen LogP contribution in [0.4, 0.5) is 4.39 Å². The molecule has 2 heterocycles. The lowest BCUT2D eigenvalue weighted by Gasteiger charge is -2.31. The molecule has 2 amide bonds. The molecule has 2 N–H and O–H groups in total. The van der Waals surface area contributed by atoms with Crippen LogP contribution in [0.15, 0.2) is 36.7 Å². The van der Waals surface area contributed by atoms with Crippen LogP contribution >= 0.6 is 0 Å². The lowest BCUT2D eigenvalue weighted by molar-refractivity contribution is -0.134. The summed E-state index contributed by atoms with van der Waals surface area (Å²) in [5, 5.41) is 4.96. The molecule has 7 heteroatoms. The number of hydrazine groups is 1. The average molecular weight is 400 g/mol. The fourth-order valence-corrected chi connectivity index (χ4v) is 4.48. The summed E-state index contributed by atoms with van der Waals surface area (Å²) in [6, 6.07) is 6.30. The highest BCUT2D eigenvalue weighted by Gasteiger charge is 2.39. The number of amides is 2. The van der Waals surface area contributed by atoms with Gasteiger partial charge in [0, 0.05) is 31.4 Å². The van der Waals surface area contributed by atoms with Gasteiger partial charge in [-0.2, -0.15) is 0 Å². The Labute approximate surface area is 171 Å². The second kappa shape index (κ2) is 8.95. The van der Waals surface area contributed by atoms with E-state index < -0.39 is 0 Å². The van der Waals surface area contributed by atoms with Crippen LogP contribution in [0.1, 0.15) is 63.0 Å². The number of fused-ring (bicyclic) bond motifs is 1. The van der Waals surface area contributed by atoms with Crippen molar-refractivity contribution >= 4 is 11.8 Å². The molecular formula is C22H29FN4O2. The number of carbonyl (C=O) groups is 2. The third-order valence-corrected chi connectivity index (χ3v) is 6.15. The Balaban J connectivity index is 1.29. The van der Waals surface area contributed by atoms with Crippen molar-refractivity contribution in [3.8, 4) is 0 Å². The van der Waals surface area contributed by atoms with Crippen LogP contribution in [0.5, 0.6) is 0 Å². The Bertz CT molecular complexity index is 759. The molecule has 2 aliphatic heterocycles. The van der Waals surface area contributed by atoms with Crippen LogP contribution in [-0.4, -0.2) is 40.4 Å². The third kappa shape index (κ3) is 4.78. The molecule has 0 spiro atoms. The van der Waals surface area contributed by atoms with E-state index >= 15 is 0 Å². The summed E-state index contributed by atoms with van der Waals surface area (Å²) in [4.78, 5) is 26.9. The van der Waals surface area contributed by atoms with Crippen molar-refractivity contribution in [2.45, 2.75) is 69.5 Å². The van der Waals surface area contributed by atoms with Gasteiger partial charge in [-0.3, -0.25) is 9.59 Å². The zero-order valence-electron chi connectivity index (χ0n) is 16.6. The van der Waals surface area contributed by atoms with Crippen molar-refractivity contribution in [3.63, 3.8) is 0 Å². The molecule has 1 saturated heterocycles. The van der Waals surface area contributed by atoms with Gasteiger partial charge in [0.25, 0.3) is 5.91 Å². The third-order valence-electron chi connectivity index (χ3n) is 6.15. The summed E-state index contributed by atoms with van der Waals surface area (Å²) >= 11 is 0. The number of benzene rings is 1. The molecule has 1 aromatic rings. The van der Waals surface area contributed by atoms with Crippen LogP contribution < -0.4 is 10.7 Å². The molecule has 4 rings (SSSR count). The first-order valence-corrected chi connectivity index (χ1v) is 10.7. The highest BCUT2D eigenvalue weighted by Crippen LogP contribution is 2.30. The summed E-state index contributed by atoms with van der Waals surface area (Å²) in [6.45, 7) is 0.388. The minimum absolute atomic E-state index is 0.00752. The highest BCUT2D eigenvalue weighted by atomic mass is 19.1. The number of rotatable bonds is 5. The van der Waals surface area contributed by atoms with Gasteiger partial charge >= 0.3 is 0 Å². The van der Waals surface area contributed by atoms with E-state index in [4.69, 9.17) is 0 Å². The molecule has 3 aliphatic rings. The summed E-state index contributed by atoms with van der Waals surface area (Å²) in [5.74, 6) is -0.255. The Morgan fingerprint density at radius 2 is 1.83 bits per heavy atom. The molecular weight excluding hydrogens is 371 g/mol. The number of nitrogens with zero attached hydrogens (tertiary/aromatic N) is 2. The van der Waals surface area contributed by atoms with E-state index in [0.29, 0.717) is 19.4 Å². The van der Waals surface area contributed by atoms with E-state index in [9.17, 15) is 14.0 Å². The van der Waals surface area contributed by atoms with Gasteiger partial charge in [0.1, 0.15) is 11.9 Å². The van der Waals surface area contributed by atoms with Crippen LogP contribution in [0.2, 0.25) is 0 Å². The number of halogens is 1. The first-order valence-electron chi connectivity index (χ1n) is 10.7. The topological polar surface area (TPSA) is 64.7 Å². The second-order valence-corrected chi connectivity index (χ2v) is 8.23. The van der Waals surface area contributed by atoms with Gasteiger partial charge < -0.3 is 15.2 Å². The molecule has 156 valence electrons. The molecule has 0 bridgehead atoms. The van der Waals surface area contributed by atoms with E-state index in [0.717, 1.165) is 18.4 Å². The smallest absolute Gasteiger partial charge is 0.250 e. The largest absolute Gasteiger partial charge is 0.353 e. The molecule has 0 aromatic heterocycles. The van der Waals surface area contributed by atoms with Gasteiger partial charge in [-0.15, -0.1) is 0 Å². The molecule has 29 heavy (non-hydrogen) atoms. The zero-order valence-corrected chi connectivity index (χ0v) is 16.6. The molecule has 1 aromatic carbocycles. The molecule has 0 radical (unpaired) electrons.